The van der Waals surface area contributed by atoms with Crippen molar-refractivity contribution in [3.63, 3.8) is 0 Å². The maximum absolute atomic E-state index is 12.4. The van der Waals surface area contributed by atoms with Crippen molar-refractivity contribution in [1.82, 2.24) is 10.6 Å². The number of methoxy groups -OCH3 is 1. The van der Waals surface area contributed by atoms with Gasteiger partial charge in [0.15, 0.2) is 0 Å². The number of ether oxygens (including phenoxy) is 1. The Balaban J connectivity index is 2.05. The van der Waals surface area contributed by atoms with Crippen LogP contribution < -0.4 is 10.6 Å². The first kappa shape index (κ1) is 17.5. The van der Waals surface area contributed by atoms with Gasteiger partial charge < -0.3 is 15.4 Å². The van der Waals surface area contributed by atoms with Crippen LogP contribution in [-0.2, 0) is 4.74 Å². The van der Waals surface area contributed by atoms with E-state index in [-0.39, 0.29) is 23.0 Å². The first-order valence-corrected chi connectivity index (χ1v) is 7.90. The molecule has 1 aromatic rings. The maximum Gasteiger partial charge on any atom is 0.337 e. The molecule has 0 aromatic heterocycles. The summed E-state index contributed by atoms with van der Waals surface area (Å²) in [5.74, 6) is -0.515. The zero-order chi connectivity index (χ0) is 17.3. The SMILES string of the molecule is COC(=O)c1ccc(C(=O)NC2CC(C)(C)NC(C)(C)C2)cc1. The molecule has 23 heavy (non-hydrogen) atoms. The number of carbonyl (C=O) groups is 2. The van der Waals surface area contributed by atoms with Gasteiger partial charge in [-0.15, -0.1) is 0 Å². The van der Waals surface area contributed by atoms with E-state index in [1.54, 1.807) is 24.3 Å². The molecule has 1 heterocycles. The fourth-order valence-corrected chi connectivity index (χ4v) is 3.57. The number of benzene rings is 1. The van der Waals surface area contributed by atoms with Crippen molar-refractivity contribution in [3.8, 4) is 0 Å². The summed E-state index contributed by atoms with van der Waals surface area (Å²) in [5, 5.41) is 6.71. The van der Waals surface area contributed by atoms with Crippen LogP contribution in [-0.4, -0.2) is 36.1 Å². The quantitative estimate of drug-likeness (QED) is 0.840. The second kappa shape index (κ2) is 6.32. The van der Waals surface area contributed by atoms with Crippen molar-refractivity contribution in [2.75, 3.05) is 7.11 Å². The molecule has 2 rings (SSSR count). The van der Waals surface area contributed by atoms with Gasteiger partial charge in [-0.2, -0.15) is 0 Å². The molecule has 0 atom stereocenters. The third kappa shape index (κ3) is 4.55. The molecule has 0 bridgehead atoms. The fraction of sp³-hybridized carbons (Fsp3) is 0.556. The summed E-state index contributed by atoms with van der Waals surface area (Å²) in [6.45, 7) is 8.60. The van der Waals surface area contributed by atoms with Crippen LogP contribution in [0.15, 0.2) is 24.3 Å². The minimum atomic E-state index is -0.404. The molecular weight excluding hydrogens is 292 g/mol. The highest BCUT2D eigenvalue weighted by Crippen LogP contribution is 2.28. The van der Waals surface area contributed by atoms with Gasteiger partial charge in [0.05, 0.1) is 12.7 Å². The van der Waals surface area contributed by atoms with Crippen LogP contribution in [0.25, 0.3) is 0 Å². The molecule has 1 amide bonds. The molecule has 1 saturated heterocycles. The van der Waals surface area contributed by atoms with E-state index >= 15 is 0 Å². The molecule has 2 N–H and O–H groups in total. The number of esters is 1. The zero-order valence-electron chi connectivity index (χ0n) is 14.5. The lowest BCUT2D eigenvalue weighted by Gasteiger charge is -2.46. The smallest absolute Gasteiger partial charge is 0.337 e. The van der Waals surface area contributed by atoms with E-state index in [1.807, 2.05) is 0 Å². The molecule has 126 valence electrons. The molecule has 5 heteroatoms. The molecule has 5 nitrogen and oxygen atoms in total. The molecule has 1 aromatic carbocycles. The lowest BCUT2D eigenvalue weighted by Crippen LogP contribution is -2.62. The Kier molecular flexibility index (Phi) is 4.80. The van der Waals surface area contributed by atoms with Crippen molar-refractivity contribution in [1.29, 1.82) is 0 Å². The van der Waals surface area contributed by atoms with E-state index in [0.29, 0.717) is 11.1 Å². The Morgan fingerprint density at radius 2 is 1.52 bits per heavy atom. The molecular formula is C18H26N2O3. The van der Waals surface area contributed by atoms with Gasteiger partial charge in [-0.1, -0.05) is 0 Å². The highest BCUT2D eigenvalue weighted by atomic mass is 16.5. The molecule has 0 spiro atoms. The number of hydrogen-bond acceptors (Lipinski definition) is 4. The van der Waals surface area contributed by atoms with Gasteiger partial charge in [-0.3, -0.25) is 4.79 Å². The van der Waals surface area contributed by atoms with E-state index in [0.717, 1.165) is 12.8 Å². The number of carbonyl (C=O) groups excluding carboxylic acids is 2. The van der Waals surface area contributed by atoms with Crippen LogP contribution in [0.1, 0.15) is 61.3 Å². The average molecular weight is 318 g/mol. The summed E-state index contributed by atoms with van der Waals surface area (Å²) in [5.41, 5.74) is 0.947. The number of rotatable bonds is 3. The lowest BCUT2D eigenvalue weighted by molar-refractivity contribution is 0.0600. The molecule has 1 aliphatic heterocycles. The van der Waals surface area contributed by atoms with Crippen LogP contribution in [0.4, 0.5) is 0 Å². The predicted octanol–water partition coefficient (Wildman–Crippen LogP) is 2.51. The number of nitrogens with one attached hydrogen (secondary N) is 2. The first-order valence-electron chi connectivity index (χ1n) is 7.90. The largest absolute Gasteiger partial charge is 0.465 e. The highest BCUT2D eigenvalue weighted by Gasteiger charge is 2.38. The molecule has 0 unspecified atom stereocenters. The number of amides is 1. The Bertz CT molecular complexity index is 575. The van der Waals surface area contributed by atoms with Gasteiger partial charge >= 0.3 is 5.97 Å². The summed E-state index contributed by atoms with van der Waals surface area (Å²) >= 11 is 0. The summed E-state index contributed by atoms with van der Waals surface area (Å²) in [6, 6.07) is 6.64. The van der Waals surface area contributed by atoms with Crippen molar-refractivity contribution < 1.29 is 14.3 Å². The van der Waals surface area contributed by atoms with Crippen molar-refractivity contribution >= 4 is 11.9 Å². The van der Waals surface area contributed by atoms with Crippen LogP contribution in [0.2, 0.25) is 0 Å². The standard InChI is InChI=1S/C18H26N2O3/c1-17(2)10-14(11-18(3,4)20-17)19-15(21)12-6-8-13(9-7-12)16(22)23-5/h6-9,14,20H,10-11H2,1-5H3,(H,19,21). The molecule has 1 fully saturated rings. The Morgan fingerprint density at radius 3 is 2.00 bits per heavy atom. The monoisotopic (exact) mass is 318 g/mol. The van der Waals surface area contributed by atoms with Gasteiger partial charge in [0.1, 0.15) is 0 Å². The van der Waals surface area contributed by atoms with Crippen molar-refractivity contribution in [2.24, 2.45) is 0 Å². The summed E-state index contributed by atoms with van der Waals surface area (Å²) in [6.07, 6.45) is 1.75. The molecule has 1 aliphatic rings. The fourth-order valence-electron chi connectivity index (χ4n) is 3.57. The van der Waals surface area contributed by atoms with E-state index < -0.39 is 5.97 Å². The van der Waals surface area contributed by atoms with Crippen LogP contribution >= 0.6 is 0 Å². The average Bonchev–Trinajstić information content (AvgIpc) is 2.43. The second-order valence-corrected chi connectivity index (χ2v) is 7.54. The van der Waals surface area contributed by atoms with Crippen LogP contribution in [0.3, 0.4) is 0 Å². The number of hydrogen-bond donors (Lipinski definition) is 2. The molecule has 0 radical (unpaired) electrons. The second-order valence-electron chi connectivity index (χ2n) is 7.54. The van der Waals surface area contributed by atoms with E-state index in [9.17, 15) is 9.59 Å². The van der Waals surface area contributed by atoms with Crippen LogP contribution in [0, 0.1) is 0 Å². The summed E-state index contributed by atoms with van der Waals surface area (Å²) < 4.78 is 4.66. The van der Waals surface area contributed by atoms with E-state index in [1.165, 1.54) is 7.11 Å². The third-order valence-electron chi connectivity index (χ3n) is 4.09. The third-order valence-corrected chi connectivity index (χ3v) is 4.09. The summed E-state index contributed by atoms with van der Waals surface area (Å²) in [7, 11) is 1.34. The Morgan fingerprint density at radius 1 is 1.04 bits per heavy atom. The van der Waals surface area contributed by atoms with Gasteiger partial charge in [0, 0.05) is 22.7 Å². The van der Waals surface area contributed by atoms with E-state index in [2.05, 4.69) is 43.1 Å². The maximum atomic E-state index is 12.4. The normalized spacial score (nSPS) is 19.9. The minimum absolute atomic E-state index is 0.0194. The Hall–Kier alpha value is -1.88. The number of piperidine rings is 1. The minimum Gasteiger partial charge on any atom is -0.465 e. The van der Waals surface area contributed by atoms with Crippen molar-refractivity contribution in [2.45, 2.75) is 57.7 Å². The topological polar surface area (TPSA) is 67.4 Å². The lowest BCUT2D eigenvalue weighted by atomic mass is 9.79. The van der Waals surface area contributed by atoms with Gasteiger partial charge in [-0.25, -0.2) is 4.79 Å². The van der Waals surface area contributed by atoms with Gasteiger partial charge in [0.2, 0.25) is 0 Å². The Labute approximate surface area is 137 Å². The molecule has 0 saturated carbocycles. The predicted molar refractivity (Wildman–Crippen MR) is 89.6 cm³/mol. The molecule has 0 aliphatic carbocycles. The summed E-state index contributed by atoms with van der Waals surface area (Å²) in [4.78, 5) is 23.9. The van der Waals surface area contributed by atoms with Gasteiger partial charge in [-0.05, 0) is 64.8 Å². The van der Waals surface area contributed by atoms with Gasteiger partial charge in [0.25, 0.3) is 5.91 Å². The van der Waals surface area contributed by atoms with E-state index in [4.69, 9.17) is 0 Å². The van der Waals surface area contributed by atoms with Crippen LogP contribution in [0.5, 0.6) is 0 Å². The zero-order valence-corrected chi connectivity index (χ0v) is 14.5. The highest BCUT2D eigenvalue weighted by molar-refractivity contribution is 5.96. The first-order chi connectivity index (χ1) is 10.6. The van der Waals surface area contributed by atoms with Crippen molar-refractivity contribution in [3.05, 3.63) is 35.4 Å².